The molecule has 0 saturated heterocycles. The summed E-state index contributed by atoms with van der Waals surface area (Å²) >= 11 is 0. The van der Waals surface area contributed by atoms with Crippen molar-refractivity contribution < 1.29 is 8.42 Å². The zero-order chi connectivity index (χ0) is 15.2. The number of hydrogen-bond acceptors (Lipinski definition) is 3. The Kier molecular flexibility index (Phi) is 6.45. The Labute approximate surface area is 122 Å². The number of hydrogen-bond donors (Lipinski definition) is 1. The van der Waals surface area contributed by atoms with Crippen LogP contribution in [0.15, 0.2) is 30.3 Å². The van der Waals surface area contributed by atoms with Gasteiger partial charge in [-0.15, -0.1) is 0 Å². The van der Waals surface area contributed by atoms with Gasteiger partial charge in [0.1, 0.15) is 0 Å². The molecule has 1 rings (SSSR count). The second-order valence-electron chi connectivity index (χ2n) is 4.73. The van der Waals surface area contributed by atoms with Crippen molar-refractivity contribution >= 4 is 15.9 Å². The highest BCUT2D eigenvalue weighted by molar-refractivity contribution is 7.87. The van der Waals surface area contributed by atoms with Gasteiger partial charge in [0.2, 0.25) is 0 Å². The highest BCUT2D eigenvalue weighted by Crippen LogP contribution is 2.13. The first-order chi connectivity index (χ1) is 9.42. The Bertz CT molecular complexity index is 486. The van der Waals surface area contributed by atoms with Gasteiger partial charge >= 0.3 is 0 Å². The molecule has 114 valence electrons. The van der Waals surface area contributed by atoms with Crippen LogP contribution in [-0.4, -0.2) is 45.4 Å². The molecule has 1 aromatic rings. The van der Waals surface area contributed by atoms with Crippen LogP contribution in [0.2, 0.25) is 0 Å². The zero-order valence-corrected chi connectivity index (χ0v) is 13.5. The van der Waals surface area contributed by atoms with Gasteiger partial charge < -0.3 is 4.90 Å². The first-order valence-electron chi connectivity index (χ1n) is 6.95. The molecular formula is C14H25N3O2S. The van der Waals surface area contributed by atoms with Gasteiger partial charge in [-0.25, -0.2) is 4.72 Å². The fourth-order valence-corrected chi connectivity index (χ4v) is 3.25. The lowest BCUT2D eigenvalue weighted by Gasteiger charge is -2.28. The summed E-state index contributed by atoms with van der Waals surface area (Å²) in [6.45, 7) is 7.01. The zero-order valence-electron chi connectivity index (χ0n) is 12.7. The first kappa shape index (κ1) is 16.9. The Morgan fingerprint density at radius 3 is 2.20 bits per heavy atom. The average Bonchev–Trinajstić information content (AvgIpc) is 2.46. The van der Waals surface area contributed by atoms with E-state index in [1.165, 1.54) is 4.31 Å². The minimum atomic E-state index is -3.38. The molecule has 1 unspecified atom stereocenters. The number of para-hydroxylation sites is 1. The molecule has 6 heteroatoms. The molecule has 1 aromatic carbocycles. The minimum absolute atomic E-state index is 0.0720. The van der Waals surface area contributed by atoms with Crippen LogP contribution in [0.1, 0.15) is 20.8 Å². The number of nitrogens with one attached hydrogen (secondary N) is 1. The van der Waals surface area contributed by atoms with E-state index in [1.807, 2.05) is 58.2 Å². The van der Waals surface area contributed by atoms with Crippen LogP contribution in [0, 0.1) is 0 Å². The Morgan fingerprint density at radius 1 is 1.15 bits per heavy atom. The second-order valence-corrected chi connectivity index (χ2v) is 6.49. The van der Waals surface area contributed by atoms with Gasteiger partial charge in [0.25, 0.3) is 10.2 Å². The van der Waals surface area contributed by atoms with E-state index in [4.69, 9.17) is 0 Å². The van der Waals surface area contributed by atoms with Crippen LogP contribution in [-0.2, 0) is 10.2 Å². The molecule has 5 nitrogen and oxygen atoms in total. The predicted molar refractivity (Wildman–Crippen MR) is 84.2 cm³/mol. The van der Waals surface area contributed by atoms with Gasteiger partial charge in [-0.3, -0.25) is 0 Å². The van der Waals surface area contributed by atoms with Crippen molar-refractivity contribution in [1.82, 2.24) is 9.03 Å². The average molecular weight is 299 g/mol. The number of benzene rings is 1. The lowest BCUT2D eigenvalue weighted by atomic mass is 10.2. The van der Waals surface area contributed by atoms with E-state index in [-0.39, 0.29) is 6.04 Å². The summed E-state index contributed by atoms with van der Waals surface area (Å²) in [6.07, 6.45) is 0. The first-order valence-corrected chi connectivity index (χ1v) is 8.39. The molecule has 0 radical (unpaired) electrons. The number of rotatable bonds is 8. The molecule has 20 heavy (non-hydrogen) atoms. The van der Waals surface area contributed by atoms with Gasteiger partial charge in [-0.2, -0.15) is 12.7 Å². The van der Waals surface area contributed by atoms with Crippen LogP contribution in [0.25, 0.3) is 0 Å². The van der Waals surface area contributed by atoms with Crippen molar-refractivity contribution in [2.75, 3.05) is 31.6 Å². The van der Waals surface area contributed by atoms with E-state index in [1.54, 1.807) is 0 Å². The summed E-state index contributed by atoms with van der Waals surface area (Å²) in [4.78, 5) is 2.06. The van der Waals surface area contributed by atoms with E-state index in [0.29, 0.717) is 19.6 Å². The maximum absolute atomic E-state index is 12.1. The second kappa shape index (κ2) is 7.61. The third kappa shape index (κ3) is 4.47. The topological polar surface area (TPSA) is 52.7 Å². The van der Waals surface area contributed by atoms with E-state index >= 15 is 0 Å². The minimum Gasteiger partial charge on any atom is -0.371 e. The van der Waals surface area contributed by atoms with Crippen molar-refractivity contribution in [1.29, 1.82) is 0 Å². The molecule has 0 aliphatic rings. The number of anilines is 1. The van der Waals surface area contributed by atoms with Gasteiger partial charge in [-0.05, 0) is 19.1 Å². The van der Waals surface area contributed by atoms with E-state index in [9.17, 15) is 8.42 Å². The number of nitrogens with zero attached hydrogens (tertiary/aromatic N) is 2. The van der Waals surface area contributed by atoms with E-state index in [0.717, 1.165) is 5.69 Å². The highest BCUT2D eigenvalue weighted by atomic mass is 32.2. The van der Waals surface area contributed by atoms with Crippen LogP contribution in [0.3, 0.4) is 0 Å². The molecule has 0 aliphatic carbocycles. The van der Waals surface area contributed by atoms with Gasteiger partial charge in [0, 0.05) is 38.4 Å². The van der Waals surface area contributed by atoms with Crippen LogP contribution in [0.4, 0.5) is 5.69 Å². The third-order valence-electron chi connectivity index (χ3n) is 3.43. The summed E-state index contributed by atoms with van der Waals surface area (Å²) in [7, 11) is -1.41. The van der Waals surface area contributed by atoms with E-state index in [2.05, 4.69) is 9.62 Å². The molecule has 0 fully saturated rings. The normalized spacial score (nSPS) is 13.4. The highest BCUT2D eigenvalue weighted by Gasteiger charge is 2.20. The summed E-state index contributed by atoms with van der Waals surface area (Å²) in [6, 6.07) is 10.00. The molecule has 0 saturated carbocycles. The molecule has 0 spiro atoms. The Morgan fingerprint density at radius 2 is 1.70 bits per heavy atom. The molecule has 0 amide bonds. The van der Waals surface area contributed by atoms with Crippen molar-refractivity contribution in [3.05, 3.63) is 30.3 Å². The molecule has 0 bridgehead atoms. The fraction of sp³-hybridized carbons (Fsp3) is 0.571. The predicted octanol–water partition coefficient (Wildman–Crippen LogP) is 1.69. The van der Waals surface area contributed by atoms with Crippen molar-refractivity contribution in [3.63, 3.8) is 0 Å². The maximum Gasteiger partial charge on any atom is 0.279 e. The summed E-state index contributed by atoms with van der Waals surface area (Å²) < 4.78 is 28.2. The van der Waals surface area contributed by atoms with Gasteiger partial charge in [0.05, 0.1) is 0 Å². The molecule has 0 aliphatic heterocycles. The maximum atomic E-state index is 12.1. The largest absolute Gasteiger partial charge is 0.371 e. The Hall–Kier alpha value is -1.11. The SMILES string of the molecule is CCN(CC)S(=O)(=O)NCC(C)N(C)c1ccccc1. The summed E-state index contributed by atoms with van der Waals surface area (Å²) in [5.74, 6) is 0. The molecule has 0 aromatic heterocycles. The van der Waals surface area contributed by atoms with Crippen molar-refractivity contribution in [2.45, 2.75) is 26.8 Å². The Balaban J connectivity index is 2.61. The van der Waals surface area contributed by atoms with Crippen molar-refractivity contribution in [2.24, 2.45) is 0 Å². The van der Waals surface area contributed by atoms with Crippen LogP contribution >= 0.6 is 0 Å². The number of likely N-dealkylation sites (N-methyl/N-ethyl adjacent to an activating group) is 1. The van der Waals surface area contributed by atoms with Gasteiger partial charge in [-0.1, -0.05) is 32.0 Å². The summed E-state index contributed by atoms with van der Waals surface area (Å²) in [5, 5.41) is 0. The fourth-order valence-electron chi connectivity index (χ4n) is 1.94. The lowest BCUT2D eigenvalue weighted by molar-refractivity contribution is 0.432. The van der Waals surface area contributed by atoms with Crippen LogP contribution < -0.4 is 9.62 Å². The molecule has 1 atom stereocenters. The molecule has 1 N–H and O–H groups in total. The standard InChI is InChI=1S/C14H25N3O2S/c1-5-17(6-2)20(18,19)15-12-13(3)16(4)14-10-8-7-9-11-14/h7-11,13,15H,5-6,12H2,1-4H3. The third-order valence-corrected chi connectivity index (χ3v) is 5.16. The molecular weight excluding hydrogens is 274 g/mol. The monoisotopic (exact) mass is 299 g/mol. The van der Waals surface area contributed by atoms with Crippen molar-refractivity contribution in [3.8, 4) is 0 Å². The van der Waals surface area contributed by atoms with Crippen LogP contribution in [0.5, 0.6) is 0 Å². The molecule has 0 heterocycles. The lowest BCUT2D eigenvalue weighted by Crippen LogP contribution is -2.46. The van der Waals surface area contributed by atoms with Gasteiger partial charge in [0.15, 0.2) is 0 Å². The quantitative estimate of drug-likeness (QED) is 0.795. The summed E-state index contributed by atoms with van der Waals surface area (Å²) in [5.41, 5.74) is 1.07. The smallest absolute Gasteiger partial charge is 0.279 e. The van der Waals surface area contributed by atoms with E-state index < -0.39 is 10.2 Å².